The number of nitrogens with two attached hydrogens (primary N) is 1. The minimum atomic E-state index is -3.71. The van der Waals surface area contributed by atoms with Crippen LogP contribution in [0.15, 0.2) is 64.2 Å². The Kier molecular flexibility index (Phi) is 5.96. The molecular weight excluding hydrogens is 380 g/mol. The normalized spacial score (nSPS) is 12.7. The number of aryl methyl sites for hydroxylation is 1. The van der Waals surface area contributed by atoms with Crippen molar-refractivity contribution in [3.63, 3.8) is 0 Å². The highest BCUT2D eigenvalue weighted by Gasteiger charge is 2.19. The van der Waals surface area contributed by atoms with Crippen LogP contribution in [-0.2, 0) is 16.6 Å². The molecule has 7 heteroatoms. The maximum atomic E-state index is 11.7. The van der Waals surface area contributed by atoms with Gasteiger partial charge in [0.25, 0.3) is 0 Å². The maximum Gasteiger partial charge on any atom is 0.247 e. The van der Waals surface area contributed by atoms with Crippen LogP contribution in [-0.4, -0.2) is 15.5 Å². The second kappa shape index (κ2) is 8.22. The number of hydrogen-bond acceptors (Lipinski definition) is 5. The molecule has 142 valence electrons. The molecule has 0 aliphatic heterocycles. The first-order chi connectivity index (χ1) is 12.9. The fourth-order valence-corrected chi connectivity index (χ4v) is 4.60. The number of benzene rings is 2. The molecule has 0 saturated heterocycles. The van der Waals surface area contributed by atoms with Crippen molar-refractivity contribution in [2.75, 3.05) is 7.11 Å². The molecule has 1 heterocycles. The lowest BCUT2D eigenvalue weighted by atomic mass is 9.98. The number of hydrogen-bond donors (Lipinski definition) is 2. The van der Waals surface area contributed by atoms with Crippen molar-refractivity contribution < 1.29 is 13.2 Å². The topological polar surface area (TPSA) is 81.4 Å². The Bertz CT molecular complexity index is 1010. The van der Waals surface area contributed by atoms with Crippen LogP contribution in [0.25, 0.3) is 0 Å². The molecule has 0 amide bonds. The quantitative estimate of drug-likeness (QED) is 0.633. The zero-order chi connectivity index (χ0) is 19.4. The largest absolute Gasteiger partial charge is 0.496 e. The molecule has 0 spiro atoms. The molecule has 3 aromatic rings. The molecule has 3 N–H and O–H groups in total. The Morgan fingerprint density at radius 3 is 2.44 bits per heavy atom. The summed E-state index contributed by atoms with van der Waals surface area (Å²) in [6.45, 7) is 2.64. The molecular formula is C20H22N2O3S2. The first kappa shape index (κ1) is 19.6. The molecule has 2 aromatic carbocycles. The molecule has 1 aromatic heterocycles. The Labute approximate surface area is 163 Å². The number of methoxy groups -OCH3 is 1. The van der Waals surface area contributed by atoms with E-state index >= 15 is 0 Å². The summed E-state index contributed by atoms with van der Waals surface area (Å²) < 4.78 is 28.9. The number of rotatable bonds is 7. The standard InChI is InChI=1S/C20H22N2O3S2/c1-14-10-16(8-9-18(14)25-2)20(22-12-15-6-4-3-5-7-15)17-11-19(26-13-17)27(21,23)24/h3-11,13,20,22H,12H2,1-2H3,(H2,21,23,24). The molecule has 1 atom stereocenters. The van der Waals surface area contributed by atoms with Crippen molar-refractivity contribution in [2.45, 2.75) is 23.7 Å². The molecule has 27 heavy (non-hydrogen) atoms. The molecule has 0 bridgehead atoms. The van der Waals surface area contributed by atoms with E-state index in [1.807, 2.05) is 54.8 Å². The maximum absolute atomic E-state index is 11.7. The van der Waals surface area contributed by atoms with Crippen molar-refractivity contribution in [3.05, 3.63) is 82.2 Å². The third-order valence-electron chi connectivity index (χ3n) is 4.31. The van der Waals surface area contributed by atoms with E-state index in [9.17, 15) is 8.42 Å². The predicted molar refractivity (Wildman–Crippen MR) is 109 cm³/mol. The Balaban J connectivity index is 1.95. The number of thiophene rings is 1. The van der Waals surface area contributed by atoms with Crippen molar-refractivity contribution in [1.29, 1.82) is 0 Å². The average Bonchev–Trinajstić information content (AvgIpc) is 3.13. The van der Waals surface area contributed by atoms with Gasteiger partial charge in [-0.05, 0) is 46.7 Å². The number of ether oxygens (including phenoxy) is 1. The highest BCUT2D eigenvalue weighted by Crippen LogP contribution is 2.31. The van der Waals surface area contributed by atoms with Crippen molar-refractivity contribution in [2.24, 2.45) is 5.14 Å². The van der Waals surface area contributed by atoms with Crippen LogP contribution in [0.2, 0.25) is 0 Å². The van der Waals surface area contributed by atoms with Crippen LogP contribution >= 0.6 is 11.3 Å². The lowest BCUT2D eigenvalue weighted by Gasteiger charge is -2.20. The fourth-order valence-electron chi connectivity index (χ4n) is 2.96. The predicted octanol–water partition coefficient (Wildman–Crippen LogP) is 3.59. The summed E-state index contributed by atoms with van der Waals surface area (Å²) in [6.07, 6.45) is 0. The van der Waals surface area contributed by atoms with Crippen LogP contribution in [0.3, 0.4) is 0 Å². The second-order valence-corrected chi connectivity index (χ2v) is 8.97. The van der Waals surface area contributed by atoms with Gasteiger partial charge in [0, 0.05) is 6.54 Å². The smallest absolute Gasteiger partial charge is 0.247 e. The van der Waals surface area contributed by atoms with Gasteiger partial charge in [0.1, 0.15) is 9.96 Å². The summed E-state index contributed by atoms with van der Waals surface area (Å²) in [5, 5.41) is 10.6. The lowest BCUT2D eigenvalue weighted by molar-refractivity contribution is 0.411. The van der Waals surface area contributed by atoms with Crippen LogP contribution < -0.4 is 15.2 Å². The number of sulfonamides is 1. The number of primary sulfonamides is 1. The van der Waals surface area contributed by atoms with E-state index in [2.05, 4.69) is 11.4 Å². The van der Waals surface area contributed by atoms with Gasteiger partial charge in [-0.15, -0.1) is 11.3 Å². The van der Waals surface area contributed by atoms with Crippen molar-refractivity contribution in [1.82, 2.24) is 5.32 Å². The van der Waals surface area contributed by atoms with E-state index < -0.39 is 10.0 Å². The van der Waals surface area contributed by atoms with E-state index in [1.54, 1.807) is 13.2 Å². The van der Waals surface area contributed by atoms with E-state index in [0.717, 1.165) is 39.3 Å². The van der Waals surface area contributed by atoms with Crippen LogP contribution in [0, 0.1) is 6.92 Å². The Morgan fingerprint density at radius 2 is 1.85 bits per heavy atom. The Hall–Kier alpha value is -2.19. The zero-order valence-corrected chi connectivity index (χ0v) is 16.8. The third kappa shape index (κ3) is 4.75. The van der Waals surface area contributed by atoms with E-state index in [-0.39, 0.29) is 10.3 Å². The van der Waals surface area contributed by atoms with E-state index in [4.69, 9.17) is 9.88 Å². The van der Waals surface area contributed by atoms with Gasteiger partial charge in [-0.25, -0.2) is 13.6 Å². The minimum absolute atomic E-state index is 0.161. The summed E-state index contributed by atoms with van der Waals surface area (Å²) in [6, 6.07) is 17.5. The van der Waals surface area contributed by atoms with Crippen molar-refractivity contribution in [3.8, 4) is 5.75 Å². The van der Waals surface area contributed by atoms with E-state index in [1.165, 1.54) is 0 Å². The average molecular weight is 403 g/mol. The zero-order valence-electron chi connectivity index (χ0n) is 15.2. The second-order valence-electron chi connectivity index (χ2n) is 6.27. The monoisotopic (exact) mass is 402 g/mol. The highest BCUT2D eigenvalue weighted by atomic mass is 32.2. The van der Waals surface area contributed by atoms with Gasteiger partial charge in [0.15, 0.2) is 0 Å². The molecule has 0 fully saturated rings. The lowest BCUT2D eigenvalue weighted by Crippen LogP contribution is -2.22. The first-order valence-electron chi connectivity index (χ1n) is 8.41. The first-order valence-corrected chi connectivity index (χ1v) is 10.8. The molecule has 1 unspecified atom stereocenters. The van der Waals surface area contributed by atoms with Gasteiger partial charge in [-0.3, -0.25) is 0 Å². The molecule has 0 aliphatic carbocycles. The molecule has 3 rings (SSSR count). The van der Waals surface area contributed by atoms with Gasteiger partial charge in [-0.1, -0.05) is 42.5 Å². The summed E-state index contributed by atoms with van der Waals surface area (Å²) in [5.41, 5.74) is 4.06. The molecule has 0 aliphatic rings. The van der Waals surface area contributed by atoms with Gasteiger partial charge in [-0.2, -0.15) is 0 Å². The van der Waals surface area contributed by atoms with Crippen molar-refractivity contribution >= 4 is 21.4 Å². The fraction of sp³-hybridized carbons (Fsp3) is 0.200. The highest BCUT2D eigenvalue weighted by molar-refractivity contribution is 7.91. The van der Waals surface area contributed by atoms with Gasteiger partial charge in [0.05, 0.1) is 13.2 Å². The molecule has 5 nitrogen and oxygen atoms in total. The van der Waals surface area contributed by atoms with Crippen LogP contribution in [0.1, 0.15) is 28.3 Å². The van der Waals surface area contributed by atoms with Gasteiger partial charge >= 0.3 is 0 Å². The molecule has 0 saturated carbocycles. The number of nitrogens with one attached hydrogen (secondary N) is 1. The SMILES string of the molecule is COc1ccc(C(NCc2ccccc2)c2csc(S(N)(=O)=O)c2)cc1C. The Morgan fingerprint density at radius 1 is 1.11 bits per heavy atom. The van der Waals surface area contributed by atoms with E-state index in [0.29, 0.717) is 6.54 Å². The summed E-state index contributed by atoms with van der Waals surface area (Å²) in [4.78, 5) is 0. The summed E-state index contributed by atoms with van der Waals surface area (Å²) in [7, 11) is -2.07. The van der Waals surface area contributed by atoms with Crippen LogP contribution in [0.5, 0.6) is 5.75 Å². The van der Waals surface area contributed by atoms with Gasteiger partial charge in [0.2, 0.25) is 10.0 Å². The summed E-state index contributed by atoms with van der Waals surface area (Å²) >= 11 is 1.14. The third-order valence-corrected chi connectivity index (χ3v) is 6.72. The molecule has 0 radical (unpaired) electrons. The summed E-state index contributed by atoms with van der Waals surface area (Å²) in [5.74, 6) is 0.816. The minimum Gasteiger partial charge on any atom is -0.496 e. The van der Waals surface area contributed by atoms with Crippen LogP contribution in [0.4, 0.5) is 0 Å². The van der Waals surface area contributed by atoms with Gasteiger partial charge < -0.3 is 10.1 Å².